The van der Waals surface area contributed by atoms with Crippen molar-refractivity contribution in [1.82, 2.24) is 20.1 Å². The number of amides is 1. The molecule has 8 nitrogen and oxygen atoms in total. The first-order valence-corrected chi connectivity index (χ1v) is 12.9. The van der Waals surface area contributed by atoms with Crippen LogP contribution in [0.5, 0.6) is 0 Å². The van der Waals surface area contributed by atoms with Crippen LogP contribution < -0.4 is 10.2 Å². The molecule has 0 aliphatic carbocycles. The molecule has 3 aromatic heterocycles. The SMILES string of the molecule is CC1CCN(c2nnc(SCc3cccc(C(=O)NCc4ccco4)c3)n2Cc2ccco2)CC1. The fourth-order valence-corrected chi connectivity index (χ4v) is 5.04. The summed E-state index contributed by atoms with van der Waals surface area (Å²) >= 11 is 1.61. The lowest BCUT2D eigenvalue weighted by Crippen LogP contribution is -2.35. The van der Waals surface area contributed by atoms with Crippen molar-refractivity contribution >= 4 is 23.6 Å². The summed E-state index contributed by atoms with van der Waals surface area (Å²) in [7, 11) is 0. The average molecular weight is 492 g/mol. The van der Waals surface area contributed by atoms with Gasteiger partial charge in [-0.1, -0.05) is 30.8 Å². The smallest absolute Gasteiger partial charge is 0.251 e. The van der Waals surface area contributed by atoms with Crippen LogP contribution in [0.25, 0.3) is 0 Å². The maximum Gasteiger partial charge on any atom is 0.251 e. The standard InChI is InChI=1S/C26H29N5O3S/c1-19-9-11-30(12-10-19)25-28-29-26(31(25)17-23-8-4-14-34-23)35-18-20-5-2-6-21(15-20)24(32)27-16-22-7-3-13-33-22/h2-8,13-15,19H,9-12,16-18H2,1H3,(H,27,32). The lowest BCUT2D eigenvalue weighted by molar-refractivity contribution is 0.0948. The first-order chi connectivity index (χ1) is 17.2. The van der Waals surface area contributed by atoms with E-state index in [2.05, 4.69) is 31.9 Å². The highest BCUT2D eigenvalue weighted by Crippen LogP contribution is 2.29. The van der Waals surface area contributed by atoms with Crippen molar-refractivity contribution in [3.05, 3.63) is 83.7 Å². The Hall–Kier alpha value is -3.46. The van der Waals surface area contributed by atoms with Gasteiger partial charge in [0.25, 0.3) is 5.91 Å². The summed E-state index contributed by atoms with van der Waals surface area (Å²) < 4.78 is 13.0. The largest absolute Gasteiger partial charge is 0.467 e. The van der Waals surface area contributed by atoms with E-state index < -0.39 is 0 Å². The van der Waals surface area contributed by atoms with Crippen molar-refractivity contribution in [1.29, 1.82) is 0 Å². The van der Waals surface area contributed by atoms with Gasteiger partial charge in [-0.25, -0.2) is 0 Å². The van der Waals surface area contributed by atoms with E-state index in [9.17, 15) is 4.79 Å². The number of benzene rings is 1. The Bertz CT molecular complexity index is 1230. The quantitative estimate of drug-likeness (QED) is 0.331. The number of nitrogens with zero attached hydrogens (tertiary/aromatic N) is 4. The van der Waals surface area contributed by atoms with Crippen molar-refractivity contribution in [2.24, 2.45) is 5.92 Å². The third kappa shape index (κ3) is 5.79. The number of carbonyl (C=O) groups excluding carboxylic acids is 1. The summed E-state index contributed by atoms with van der Waals surface area (Å²) in [5.41, 5.74) is 1.66. The molecule has 1 aromatic carbocycles. The zero-order chi connectivity index (χ0) is 24.0. The Morgan fingerprint density at radius 3 is 2.57 bits per heavy atom. The molecule has 1 fully saturated rings. The van der Waals surface area contributed by atoms with Crippen LogP contribution in [-0.4, -0.2) is 33.8 Å². The molecule has 0 radical (unpaired) electrons. The van der Waals surface area contributed by atoms with Gasteiger partial charge in [-0.3, -0.25) is 9.36 Å². The molecule has 1 saturated heterocycles. The van der Waals surface area contributed by atoms with E-state index in [1.165, 1.54) is 0 Å². The van der Waals surface area contributed by atoms with E-state index in [1.807, 2.05) is 42.5 Å². The van der Waals surface area contributed by atoms with Gasteiger partial charge in [-0.05, 0) is 60.7 Å². The fraction of sp³-hybridized carbons (Fsp3) is 0.346. The van der Waals surface area contributed by atoms with Crippen LogP contribution in [0.4, 0.5) is 5.95 Å². The van der Waals surface area contributed by atoms with E-state index in [0.29, 0.717) is 24.4 Å². The normalized spacial score (nSPS) is 14.4. The minimum absolute atomic E-state index is 0.129. The maximum atomic E-state index is 12.6. The molecule has 1 aliphatic heterocycles. The number of rotatable bonds is 9. The summed E-state index contributed by atoms with van der Waals surface area (Å²) in [6, 6.07) is 15.2. The maximum absolute atomic E-state index is 12.6. The third-order valence-corrected chi connectivity index (χ3v) is 7.26. The molecule has 0 saturated carbocycles. The van der Waals surface area contributed by atoms with Crippen LogP contribution in [0.2, 0.25) is 0 Å². The summed E-state index contributed by atoms with van der Waals surface area (Å²) in [4.78, 5) is 14.9. The van der Waals surface area contributed by atoms with Crippen molar-refractivity contribution < 1.29 is 13.6 Å². The first kappa shape index (κ1) is 23.3. The lowest BCUT2D eigenvalue weighted by atomic mass is 10.00. The number of nitrogens with one attached hydrogen (secondary N) is 1. The van der Waals surface area contributed by atoms with E-state index in [1.54, 1.807) is 30.4 Å². The van der Waals surface area contributed by atoms with Crippen LogP contribution in [0, 0.1) is 5.92 Å². The molecule has 9 heteroatoms. The zero-order valence-electron chi connectivity index (χ0n) is 19.7. The van der Waals surface area contributed by atoms with Crippen molar-refractivity contribution in [2.45, 2.75) is 43.8 Å². The Morgan fingerprint density at radius 2 is 1.83 bits per heavy atom. The van der Waals surface area contributed by atoms with E-state index in [-0.39, 0.29) is 5.91 Å². The summed E-state index contributed by atoms with van der Waals surface area (Å²) in [5.74, 6) is 3.77. The average Bonchev–Trinajstić information content (AvgIpc) is 3.66. The topological polar surface area (TPSA) is 89.3 Å². The number of aromatic nitrogens is 3. The summed E-state index contributed by atoms with van der Waals surface area (Å²) in [6.07, 6.45) is 5.61. The molecule has 5 rings (SSSR count). The van der Waals surface area contributed by atoms with Gasteiger partial charge in [0.1, 0.15) is 11.5 Å². The number of anilines is 1. The van der Waals surface area contributed by atoms with Crippen LogP contribution >= 0.6 is 11.8 Å². The minimum atomic E-state index is -0.129. The monoisotopic (exact) mass is 491 g/mol. The third-order valence-electron chi connectivity index (χ3n) is 6.22. The van der Waals surface area contributed by atoms with E-state index in [0.717, 1.165) is 60.0 Å². The Balaban J connectivity index is 1.28. The van der Waals surface area contributed by atoms with E-state index >= 15 is 0 Å². The molecule has 35 heavy (non-hydrogen) atoms. The second-order valence-corrected chi connectivity index (χ2v) is 9.81. The Morgan fingerprint density at radius 1 is 1.06 bits per heavy atom. The Labute approximate surface area is 208 Å². The predicted octanol–water partition coefficient (Wildman–Crippen LogP) is 4.97. The molecule has 182 valence electrons. The molecular formula is C26H29N5O3S. The highest BCUT2D eigenvalue weighted by atomic mass is 32.2. The molecular weight excluding hydrogens is 462 g/mol. The van der Waals surface area contributed by atoms with Gasteiger partial charge in [0, 0.05) is 24.4 Å². The van der Waals surface area contributed by atoms with E-state index in [4.69, 9.17) is 8.83 Å². The van der Waals surface area contributed by atoms with Crippen molar-refractivity contribution in [3.8, 4) is 0 Å². The second-order valence-electron chi connectivity index (χ2n) is 8.87. The number of carbonyl (C=O) groups is 1. The predicted molar refractivity (Wildman–Crippen MR) is 134 cm³/mol. The number of piperidine rings is 1. The highest BCUT2D eigenvalue weighted by Gasteiger charge is 2.23. The van der Waals surface area contributed by atoms with Gasteiger partial charge >= 0.3 is 0 Å². The van der Waals surface area contributed by atoms with Crippen LogP contribution in [0.15, 0.2) is 75.0 Å². The lowest BCUT2D eigenvalue weighted by Gasteiger charge is -2.31. The second kappa shape index (κ2) is 10.9. The van der Waals surface area contributed by atoms with Gasteiger partial charge in [-0.15, -0.1) is 10.2 Å². The molecule has 0 atom stereocenters. The molecule has 1 amide bonds. The van der Waals surface area contributed by atoms with Gasteiger partial charge in [0.15, 0.2) is 5.16 Å². The van der Waals surface area contributed by atoms with Gasteiger partial charge in [0.05, 0.1) is 25.6 Å². The zero-order valence-corrected chi connectivity index (χ0v) is 20.5. The summed E-state index contributed by atoms with van der Waals surface area (Å²) in [6.45, 7) is 5.21. The molecule has 0 spiro atoms. The van der Waals surface area contributed by atoms with Crippen molar-refractivity contribution in [3.63, 3.8) is 0 Å². The first-order valence-electron chi connectivity index (χ1n) is 11.9. The van der Waals surface area contributed by atoms with Gasteiger partial charge < -0.3 is 19.1 Å². The molecule has 4 heterocycles. The van der Waals surface area contributed by atoms with Gasteiger partial charge in [-0.2, -0.15) is 0 Å². The number of hydrogen-bond donors (Lipinski definition) is 1. The molecule has 1 N–H and O–H groups in total. The van der Waals surface area contributed by atoms with Crippen LogP contribution in [0.3, 0.4) is 0 Å². The summed E-state index contributed by atoms with van der Waals surface area (Å²) in [5, 5.41) is 12.8. The molecule has 1 aliphatic rings. The van der Waals surface area contributed by atoms with Gasteiger partial charge in [0.2, 0.25) is 5.95 Å². The Kier molecular flexibility index (Phi) is 7.23. The number of thioether (sulfide) groups is 1. The minimum Gasteiger partial charge on any atom is -0.467 e. The number of furan rings is 2. The highest BCUT2D eigenvalue weighted by molar-refractivity contribution is 7.98. The van der Waals surface area contributed by atoms with Crippen LogP contribution in [-0.2, 0) is 18.8 Å². The number of hydrogen-bond acceptors (Lipinski definition) is 7. The molecule has 0 bridgehead atoms. The molecule has 4 aromatic rings. The fourth-order valence-electron chi connectivity index (χ4n) is 4.16. The van der Waals surface area contributed by atoms with Crippen LogP contribution in [0.1, 0.15) is 47.2 Å². The van der Waals surface area contributed by atoms with Crippen molar-refractivity contribution in [2.75, 3.05) is 18.0 Å². The molecule has 0 unspecified atom stereocenters.